The molecule has 6 heteroatoms. The predicted molar refractivity (Wildman–Crippen MR) is 22.5 cm³/mol. The van der Waals surface area contributed by atoms with Crippen LogP contribution in [0.2, 0.25) is 0 Å². The molecule has 0 aliphatic heterocycles. The Morgan fingerprint density at radius 1 is 1.50 bits per heavy atom. The molecule has 0 bridgehead atoms. The van der Waals surface area contributed by atoms with Gasteiger partial charge in [0.15, 0.2) is 0 Å². The second-order valence-electron chi connectivity index (χ2n) is 0.283. The molecule has 0 rings (SSSR count). The predicted octanol–water partition coefficient (Wildman–Crippen LogP) is -2.59. The first-order valence-corrected chi connectivity index (χ1v) is 1.95. The van der Waals surface area contributed by atoms with Crippen molar-refractivity contribution in [1.82, 2.24) is 0 Å². The first kappa shape index (κ1) is 16.2. The Hall–Kier alpha value is 0.343. The van der Waals surface area contributed by atoms with Gasteiger partial charge in [0.1, 0.15) is 0 Å². The average molecular weight is 122 g/mol. The first-order chi connectivity index (χ1) is 1.73. The third-order valence-corrected chi connectivity index (χ3v) is 0. The molecule has 0 saturated carbocycles. The van der Waals surface area contributed by atoms with E-state index in [4.69, 9.17) is 14.1 Å². The van der Waals surface area contributed by atoms with E-state index >= 15 is 0 Å². The molecule has 0 aromatic carbocycles. The van der Waals surface area contributed by atoms with Crippen molar-refractivity contribution in [3.05, 3.63) is 0 Å². The number of hydrogen-bond acceptors (Lipinski definition) is 1. The summed E-state index contributed by atoms with van der Waals surface area (Å²) in [6.45, 7) is 0. The Bertz CT molecular complexity index is 37.0. The third-order valence-electron chi connectivity index (χ3n) is 0. The molecule has 0 aliphatic carbocycles. The minimum atomic E-state index is -3.13. The Morgan fingerprint density at radius 3 is 1.50 bits per heavy atom. The zero-order valence-corrected chi connectivity index (χ0v) is 5.42. The van der Waals surface area contributed by atoms with Gasteiger partial charge in [0.25, 0.3) is 0 Å². The van der Waals surface area contributed by atoms with E-state index < -0.39 is 9.17 Å². The van der Waals surface area contributed by atoms with Gasteiger partial charge in [0.05, 0.1) is 0 Å². The maximum absolute atomic E-state index is 8.74. The largest absolute Gasteiger partial charge is 2.00 e. The van der Waals surface area contributed by atoms with E-state index in [2.05, 4.69) is 0 Å². The van der Waals surface area contributed by atoms with E-state index in [1.165, 1.54) is 0 Å². The standard InChI is InChI=1S/Mg.H2O3Si.H2O.2H/c;1-4(2)3;;;/h;1-2H;1H2;;/q+2;;;2*-1. The molecule has 4 N–H and O–H groups in total. The van der Waals surface area contributed by atoms with Crippen molar-refractivity contribution >= 4 is 32.2 Å². The maximum Gasteiger partial charge on any atom is 2.00 e. The van der Waals surface area contributed by atoms with Crippen LogP contribution in [-0.2, 0) is 4.46 Å². The van der Waals surface area contributed by atoms with Gasteiger partial charge >= 0.3 is 32.2 Å². The van der Waals surface area contributed by atoms with Crippen molar-refractivity contribution in [2.45, 2.75) is 0 Å². The van der Waals surface area contributed by atoms with Gasteiger partial charge in [0.2, 0.25) is 0 Å². The summed E-state index contributed by atoms with van der Waals surface area (Å²) in [5.74, 6) is 0. The molecule has 0 unspecified atom stereocenters. The van der Waals surface area contributed by atoms with Gasteiger partial charge in [-0.15, -0.1) is 0 Å². The number of hydrogen-bond donors (Lipinski definition) is 2. The number of rotatable bonds is 0. The summed E-state index contributed by atoms with van der Waals surface area (Å²) in [6.07, 6.45) is 0. The molecular formula is H6MgO4Si. The third kappa shape index (κ3) is 412. The zero-order chi connectivity index (χ0) is 3.58. The average Bonchev–Trinajstić information content (AvgIpc) is 0.811. The quantitative estimate of drug-likeness (QED) is 0.346. The van der Waals surface area contributed by atoms with Crippen molar-refractivity contribution in [2.24, 2.45) is 0 Å². The van der Waals surface area contributed by atoms with Crippen molar-refractivity contribution in [1.29, 1.82) is 0 Å². The minimum absolute atomic E-state index is 0. The van der Waals surface area contributed by atoms with Crippen molar-refractivity contribution in [3.63, 3.8) is 0 Å². The van der Waals surface area contributed by atoms with E-state index in [9.17, 15) is 0 Å². The summed E-state index contributed by atoms with van der Waals surface area (Å²) in [7, 11) is -3.13. The SMILES string of the molecule is O.O=[Si](O)O.[H-].[H-].[Mg+2]. The van der Waals surface area contributed by atoms with E-state index in [1.54, 1.807) is 0 Å². The molecule has 36 valence electrons. The van der Waals surface area contributed by atoms with Gasteiger partial charge in [-0.2, -0.15) is 0 Å². The van der Waals surface area contributed by atoms with Gasteiger partial charge < -0.3 is 17.9 Å². The zero-order valence-electron chi connectivity index (χ0n) is 5.01. The topological polar surface area (TPSA) is 89.0 Å². The van der Waals surface area contributed by atoms with Crippen LogP contribution in [0.3, 0.4) is 0 Å². The first-order valence-electron chi connectivity index (χ1n) is 0.651. The Kier molecular flexibility index (Phi) is 24.4. The van der Waals surface area contributed by atoms with E-state index in [-0.39, 0.29) is 31.4 Å². The van der Waals surface area contributed by atoms with Gasteiger partial charge in [-0.1, -0.05) is 0 Å². The molecule has 0 aromatic rings. The second-order valence-corrected chi connectivity index (χ2v) is 0.848. The molecule has 0 saturated heterocycles. The molecule has 0 spiro atoms. The fraction of sp³-hybridized carbons (Fsp3) is 0. The molecule has 0 aromatic heterocycles. The normalized spacial score (nSPS) is 4.00. The monoisotopic (exact) mass is 122 g/mol. The van der Waals surface area contributed by atoms with Crippen LogP contribution >= 0.6 is 0 Å². The van der Waals surface area contributed by atoms with Crippen LogP contribution in [-0.4, -0.2) is 47.3 Å². The van der Waals surface area contributed by atoms with Gasteiger partial charge in [-0.3, -0.25) is 4.46 Å². The van der Waals surface area contributed by atoms with Crippen LogP contribution < -0.4 is 0 Å². The van der Waals surface area contributed by atoms with Crippen LogP contribution in [0.1, 0.15) is 2.85 Å². The van der Waals surface area contributed by atoms with Crippen molar-refractivity contribution < 1.29 is 22.4 Å². The van der Waals surface area contributed by atoms with Crippen LogP contribution in [0, 0.1) is 0 Å². The summed E-state index contributed by atoms with van der Waals surface area (Å²) >= 11 is 0. The molecular weight excluding hydrogens is 116 g/mol. The van der Waals surface area contributed by atoms with Crippen LogP contribution in [0.4, 0.5) is 0 Å². The van der Waals surface area contributed by atoms with E-state index in [0.717, 1.165) is 0 Å². The van der Waals surface area contributed by atoms with Crippen LogP contribution in [0.5, 0.6) is 0 Å². The molecule has 0 amide bonds. The summed E-state index contributed by atoms with van der Waals surface area (Å²) in [5.41, 5.74) is 0. The summed E-state index contributed by atoms with van der Waals surface area (Å²) in [6, 6.07) is 0. The Labute approximate surface area is 55.1 Å². The summed E-state index contributed by atoms with van der Waals surface area (Å²) in [4.78, 5) is 14.3. The van der Waals surface area contributed by atoms with Crippen LogP contribution in [0.25, 0.3) is 0 Å². The summed E-state index contributed by atoms with van der Waals surface area (Å²) in [5, 5.41) is 0. The molecule has 6 heavy (non-hydrogen) atoms. The van der Waals surface area contributed by atoms with Gasteiger partial charge in [0, 0.05) is 0 Å². The molecule has 0 heterocycles. The van der Waals surface area contributed by atoms with Crippen LogP contribution in [0.15, 0.2) is 0 Å². The Balaban J connectivity index is -0.00000000750. The van der Waals surface area contributed by atoms with E-state index in [1.807, 2.05) is 0 Å². The maximum atomic E-state index is 8.74. The van der Waals surface area contributed by atoms with Crippen molar-refractivity contribution in [2.75, 3.05) is 0 Å². The fourth-order valence-corrected chi connectivity index (χ4v) is 0. The van der Waals surface area contributed by atoms with Crippen molar-refractivity contribution in [3.8, 4) is 0 Å². The molecule has 4 nitrogen and oxygen atoms in total. The molecule has 0 fully saturated rings. The van der Waals surface area contributed by atoms with Gasteiger partial charge in [-0.05, 0) is 0 Å². The molecule has 0 atom stereocenters. The fourth-order valence-electron chi connectivity index (χ4n) is 0. The van der Waals surface area contributed by atoms with Gasteiger partial charge in [-0.25, -0.2) is 0 Å². The minimum Gasteiger partial charge on any atom is -1.00 e. The Morgan fingerprint density at radius 2 is 1.50 bits per heavy atom. The molecule has 0 radical (unpaired) electrons. The second kappa shape index (κ2) is 9.02. The van der Waals surface area contributed by atoms with E-state index in [0.29, 0.717) is 0 Å². The molecule has 0 aliphatic rings. The smallest absolute Gasteiger partial charge is 1.00 e. The summed E-state index contributed by atoms with van der Waals surface area (Å²) < 4.78 is 8.74.